The average molecular weight is 356 g/mol. The molecule has 2 rings (SSSR count). The Morgan fingerprint density at radius 2 is 1.88 bits per heavy atom. The molecule has 0 radical (unpaired) electrons. The lowest BCUT2D eigenvalue weighted by Gasteiger charge is -2.26. The fourth-order valence-electron chi connectivity index (χ4n) is 2.51. The smallest absolute Gasteiger partial charge is 0.324 e. The van der Waals surface area contributed by atoms with Gasteiger partial charge in [-0.1, -0.05) is 0 Å². The number of carbonyl (C=O) groups excluding carboxylic acids is 1. The van der Waals surface area contributed by atoms with Crippen LogP contribution >= 0.6 is 0 Å². The van der Waals surface area contributed by atoms with Crippen LogP contribution in [0.3, 0.4) is 0 Å². The van der Waals surface area contributed by atoms with Crippen molar-refractivity contribution in [2.24, 2.45) is 0 Å². The molecule has 1 saturated heterocycles. The number of nitrogens with zero attached hydrogens (tertiary/aromatic N) is 2. The van der Waals surface area contributed by atoms with Crippen LogP contribution in [-0.4, -0.2) is 41.8 Å². The quantitative estimate of drug-likeness (QED) is 0.464. The SMILES string of the molecule is CC(C)(C)OC(=O)[C@H]1CCCN1S(=O)(=O)c1ccc([N+](=O)[O-])cc1. The first-order chi connectivity index (χ1) is 11.0. The topological polar surface area (TPSA) is 107 Å². The zero-order valence-electron chi connectivity index (χ0n) is 13.8. The lowest BCUT2D eigenvalue weighted by Crippen LogP contribution is -2.43. The van der Waals surface area contributed by atoms with Crippen molar-refractivity contribution in [3.8, 4) is 0 Å². The number of carbonyl (C=O) groups is 1. The summed E-state index contributed by atoms with van der Waals surface area (Å²) in [6.45, 7) is 5.36. The molecule has 0 bridgehead atoms. The molecule has 132 valence electrons. The van der Waals surface area contributed by atoms with E-state index in [1.165, 1.54) is 12.1 Å². The Bertz CT molecular complexity index is 736. The molecule has 1 aliphatic heterocycles. The van der Waals surface area contributed by atoms with Crippen LogP contribution in [0.4, 0.5) is 5.69 Å². The number of hydrogen-bond acceptors (Lipinski definition) is 6. The van der Waals surface area contributed by atoms with Gasteiger partial charge in [0.05, 0.1) is 9.82 Å². The van der Waals surface area contributed by atoms with Gasteiger partial charge in [0.25, 0.3) is 5.69 Å². The Morgan fingerprint density at radius 3 is 2.38 bits per heavy atom. The van der Waals surface area contributed by atoms with E-state index in [1.807, 2.05) is 0 Å². The summed E-state index contributed by atoms with van der Waals surface area (Å²) < 4.78 is 31.9. The molecule has 9 heteroatoms. The monoisotopic (exact) mass is 356 g/mol. The molecule has 1 fully saturated rings. The molecule has 1 aliphatic rings. The number of benzene rings is 1. The van der Waals surface area contributed by atoms with Gasteiger partial charge < -0.3 is 4.74 Å². The molecule has 1 aromatic carbocycles. The lowest BCUT2D eigenvalue weighted by atomic mass is 10.2. The van der Waals surface area contributed by atoms with Gasteiger partial charge in [-0.3, -0.25) is 14.9 Å². The van der Waals surface area contributed by atoms with E-state index in [9.17, 15) is 23.3 Å². The normalized spacial score (nSPS) is 19.2. The fraction of sp³-hybridized carbons (Fsp3) is 0.533. The number of sulfonamides is 1. The van der Waals surface area contributed by atoms with Crippen LogP contribution < -0.4 is 0 Å². The third-order valence-electron chi connectivity index (χ3n) is 3.54. The zero-order chi connectivity index (χ0) is 18.1. The molecule has 0 unspecified atom stereocenters. The minimum absolute atomic E-state index is 0.0800. The first kappa shape index (κ1) is 18.3. The molecule has 0 N–H and O–H groups in total. The van der Waals surface area contributed by atoms with Crippen molar-refractivity contribution in [2.75, 3.05) is 6.54 Å². The second-order valence-corrected chi connectivity index (χ2v) is 8.45. The van der Waals surface area contributed by atoms with Gasteiger partial charge in [-0.2, -0.15) is 4.31 Å². The minimum atomic E-state index is -3.92. The summed E-state index contributed by atoms with van der Waals surface area (Å²) in [5, 5.41) is 10.7. The van der Waals surface area contributed by atoms with Crippen LogP contribution in [0.2, 0.25) is 0 Å². The van der Waals surface area contributed by atoms with Gasteiger partial charge in [0, 0.05) is 18.7 Å². The van der Waals surface area contributed by atoms with Gasteiger partial charge in [0.15, 0.2) is 0 Å². The van der Waals surface area contributed by atoms with Gasteiger partial charge in [0.1, 0.15) is 11.6 Å². The molecule has 8 nitrogen and oxygen atoms in total. The highest BCUT2D eigenvalue weighted by molar-refractivity contribution is 7.89. The molecule has 0 aliphatic carbocycles. The van der Waals surface area contributed by atoms with Crippen molar-refractivity contribution >= 4 is 21.7 Å². The van der Waals surface area contributed by atoms with Crippen molar-refractivity contribution in [1.82, 2.24) is 4.31 Å². The Kier molecular flexibility index (Phi) is 4.95. The summed E-state index contributed by atoms with van der Waals surface area (Å²) in [7, 11) is -3.92. The lowest BCUT2D eigenvalue weighted by molar-refractivity contribution is -0.384. The van der Waals surface area contributed by atoms with Crippen LogP contribution in [0, 0.1) is 10.1 Å². The number of nitro groups is 1. The van der Waals surface area contributed by atoms with Crippen molar-refractivity contribution in [2.45, 2.75) is 50.2 Å². The predicted octanol–water partition coefficient (Wildman–Crippen LogP) is 2.09. The van der Waals surface area contributed by atoms with Crippen molar-refractivity contribution in [3.05, 3.63) is 34.4 Å². The third-order valence-corrected chi connectivity index (χ3v) is 5.46. The zero-order valence-corrected chi connectivity index (χ0v) is 14.6. The molecule has 0 amide bonds. The van der Waals surface area contributed by atoms with E-state index in [4.69, 9.17) is 4.74 Å². The second kappa shape index (κ2) is 6.48. The van der Waals surface area contributed by atoms with E-state index in [1.54, 1.807) is 20.8 Å². The Morgan fingerprint density at radius 1 is 1.29 bits per heavy atom. The van der Waals surface area contributed by atoms with Gasteiger partial charge in [-0.05, 0) is 45.7 Å². The maximum atomic E-state index is 12.7. The number of hydrogen-bond donors (Lipinski definition) is 0. The number of ether oxygens (including phenoxy) is 1. The van der Waals surface area contributed by atoms with E-state index >= 15 is 0 Å². The van der Waals surface area contributed by atoms with Gasteiger partial charge >= 0.3 is 5.97 Å². The first-order valence-electron chi connectivity index (χ1n) is 7.51. The standard InChI is InChI=1S/C15H20N2O6S/c1-15(2,3)23-14(18)13-5-4-10-16(13)24(21,22)12-8-6-11(7-9-12)17(19)20/h6-9,13H,4-5,10H2,1-3H3/t13-/m1/s1. The van der Waals surface area contributed by atoms with E-state index in [2.05, 4.69) is 0 Å². The van der Waals surface area contributed by atoms with Crippen molar-refractivity contribution < 1.29 is 22.9 Å². The maximum Gasteiger partial charge on any atom is 0.324 e. The Balaban J connectivity index is 2.27. The van der Waals surface area contributed by atoms with E-state index < -0.39 is 32.6 Å². The van der Waals surface area contributed by atoms with Crippen LogP contribution in [0.5, 0.6) is 0 Å². The molecular formula is C15H20N2O6S. The molecular weight excluding hydrogens is 336 g/mol. The van der Waals surface area contributed by atoms with Crippen LogP contribution in [0.25, 0.3) is 0 Å². The summed E-state index contributed by atoms with van der Waals surface area (Å²) >= 11 is 0. The van der Waals surface area contributed by atoms with E-state index in [-0.39, 0.29) is 17.1 Å². The maximum absolute atomic E-state index is 12.7. The molecule has 1 heterocycles. The summed E-state index contributed by atoms with van der Waals surface area (Å²) in [6, 6.07) is 3.75. The van der Waals surface area contributed by atoms with Crippen molar-refractivity contribution in [1.29, 1.82) is 0 Å². The largest absolute Gasteiger partial charge is 0.459 e. The summed E-state index contributed by atoms with van der Waals surface area (Å²) in [5.41, 5.74) is -0.901. The molecule has 1 atom stereocenters. The van der Waals surface area contributed by atoms with E-state index in [0.29, 0.717) is 12.8 Å². The minimum Gasteiger partial charge on any atom is -0.459 e. The Hall–Kier alpha value is -2.00. The highest BCUT2D eigenvalue weighted by Crippen LogP contribution is 2.28. The average Bonchev–Trinajstić information content (AvgIpc) is 2.96. The number of rotatable bonds is 4. The summed E-state index contributed by atoms with van der Waals surface area (Å²) in [6.07, 6.45) is 0.942. The van der Waals surface area contributed by atoms with Crippen LogP contribution in [-0.2, 0) is 19.6 Å². The van der Waals surface area contributed by atoms with E-state index in [0.717, 1.165) is 16.4 Å². The molecule has 0 aromatic heterocycles. The molecule has 1 aromatic rings. The fourth-order valence-corrected chi connectivity index (χ4v) is 4.16. The highest BCUT2D eigenvalue weighted by atomic mass is 32.2. The van der Waals surface area contributed by atoms with Gasteiger partial charge in [-0.25, -0.2) is 8.42 Å². The molecule has 24 heavy (non-hydrogen) atoms. The van der Waals surface area contributed by atoms with Crippen LogP contribution in [0.15, 0.2) is 29.2 Å². The second-order valence-electron chi connectivity index (χ2n) is 6.56. The number of non-ortho nitro benzene ring substituents is 1. The van der Waals surface area contributed by atoms with Crippen LogP contribution in [0.1, 0.15) is 33.6 Å². The summed E-state index contributed by atoms with van der Waals surface area (Å²) in [5.74, 6) is -0.578. The summed E-state index contributed by atoms with van der Waals surface area (Å²) in [4.78, 5) is 22.3. The molecule has 0 saturated carbocycles. The van der Waals surface area contributed by atoms with Gasteiger partial charge in [0.2, 0.25) is 10.0 Å². The van der Waals surface area contributed by atoms with Crippen molar-refractivity contribution in [3.63, 3.8) is 0 Å². The number of nitro benzene ring substituents is 1. The Labute approximate surface area is 140 Å². The van der Waals surface area contributed by atoms with Gasteiger partial charge in [-0.15, -0.1) is 0 Å². The number of esters is 1. The first-order valence-corrected chi connectivity index (χ1v) is 8.95. The highest BCUT2D eigenvalue weighted by Gasteiger charge is 2.41. The third kappa shape index (κ3) is 3.90. The predicted molar refractivity (Wildman–Crippen MR) is 85.9 cm³/mol. The molecule has 0 spiro atoms.